The van der Waals surface area contributed by atoms with Gasteiger partial charge in [0.15, 0.2) is 0 Å². The van der Waals surface area contributed by atoms with Crippen molar-refractivity contribution >= 4 is 38.6 Å². The summed E-state index contributed by atoms with van der Waals surface area (Å²) in [7, 11) is -3.22. The van der Waals surface area contributed by atoms with Crippen LogP contribution in [0, 0.1) is 0 Å². The van der Waals surface area contributed by atoms with E-state index in [1.54, 1.807) is 11.3 Å². The van der Waals surface area contributed by atoms with E-state index in [1.165, 1.54) is 10.6 Å². The van der Waals surface area contributed by atoms with Crippen LogP contribution in [-0.4, -0.2) is 26.2 Å². The van der Waals surface area contributed by atoms with Crippen molar-refractivity contribution in [3.63, 3.8) is 0 Å². The molecule has 0 saturated carbocycles. The average Bonchev–Trinajstić information content (AvgIpc) is 3.21. The summed E-state index contributed by atoms with van der Waals surface area (Å²) < 4.78 is 25.1. The first kappa shape index (κ1) is 16.6. The number of rotatable bonds is 3. The van der Waals surface area contributed by atoms with Gasteiger partial charge in [-0.2, -0.15) is 0 Å². The number of sulfonamides is 1. The van der Waals surface area contributed by atoms with E-state index in [-0.39, 0.29) is 0 Å². The third-order valence-electron chi connectivity index (χ3n) is 4.20. The predicted molar refractivity (Wildman–Crippen MR) is 104 cm³/mol. The van der Waals surface area contributed by atoms with Crippen molar-refractivity contribution in [2.75, 3.05) is 17.1 Å². The zero-order valence-corrected chi connectivity index (χ0v) is 15.8. The molecule has 0 aliphatic carbocycles. The number of hydrogen-bond acceptors (Lipinski definition) is 4. The third-order valence-corrected chi connectivity index (χ3v) is 6.51. The van der Waals surface area contributed by atoms with Gasteiger partial charge < -0.3 is 0 Å². The molecule has 4 rings (SSSR count). The molecular formula is C18H15ClN2O2S2. The Hall–Kier alpha value is -1.89. The third kappa shape index (κ3) is 3.17. The number of hydrogen-bond donors (Lipinski definition) is 0. The van der Waals surface area contributed by atoms with Crippen molar-refractivity contribution in [2.45, 2.75) is 6.42 Å². The van der Waals surface area contributed by atoms with Gasteiger partial charge in [0.05, 0.1) is 17.6 Å². The highest BCUT2D eigenvalue weighted by atomic mass is 35.5. The normalized spacial score (nSPS) is 13.9. The van der Waals surface area contributed by atoms with E-state index < -0.39 is 10.0 Å². The van der Waals surface area contributed by atoms with E-state index in [2.05, 4.69) is 0 Å². The lowest BCUT2D eigenvalue weighted by Gasteiger charge is -2.16. The molecule has 0 amide bonds. The molecule has 4 nitrogen and oxygen atoms in total. The maximum Gasteiger partial charge on any atom is 0.232 e. The lowest BCUT2D eigenvalue weighted by Crippen LogP contribution is -2.27. The zero-order chi connectivity index (χ0) is 17.6. The Morgan fingerprint density at radius 1 is 1.16 bits per heavy atom. The van der Waals surface area contributed by atoms with Gasteiger partial charge in [0.1, 0.15) is 5.01 Å². The maximum absolute atomic E-state index is 11.8. The minimum atomic E-state index is -3.22. The first-order chi connectivity index (χ1) is 11.9. The Kier molecular flexibility index (Phi) is 4.06. The van der Waals surface area contributed by atoms with E-state index in [4.69, 9.17) is 16.6 Å². The molecule has 128 valence electrons. The molecule has 2 aromatic carbocycles. The van der Waals surface area contributed by atoms with E-state index in [0.717, 1.165) is 39.5 Å². The van der Waals surface area contributed by atoms with E-state index in [1.807, 2.05) is 47.8 Å². The summed E-state index contributed by atoms with van der Waals surface area (Å²) in [6.07, 6.45) is 1.97. The summed E-state index contributed by atoms with van der Waals surface area (Å²) >= 11 is 7.62. The van der Waals surface area contributed by atoms with Gasteiger partial charge in [-0.05, 0) is 36.2 Å². The van der Waals surface area contributed by atoms with Gasteiger partial charge in [-0.25, -0.2) is 13.4 Å². The average molecular weight is 391 g/mol. The Morgan fingerprint density at radius 2 is 2.00 bits per heavy atom. The molecule has 0 unspecified atom stereocenters. The monoisotopic (exact) mass is 390 g/mol. The molecule has 1 aliphatic heterocycles. The second kappa shape index (κ2) is 6.12. The van der Waals surface area contributed by atoms with Crippen LogP contribution < -0.4 is 4.31 Å². The molecule has 0 bridgehead atoms. The van der Waals surface area contributed by atoms with E-state index in [9.17, 15) is 8.42 Å². The molecular weight excluding hydrogens is 376 g/mol. The summed E-state index contributed by atoms with van der Waals surface area (Å²) in [6, 6.07) is 13.5. The number of halogens is 1. The number of benzene rings is 2. The number of thiazole rings is 1. The van der Waals surface area contributed by atoms with Gasteiger partial charge in [0.2, 0.25) is 10.0 Å². The standard InChI is InChI=1S/C18H15ClN2O2S2/c1-25(22,23)21-8-7-13-9-12(5-6-17(13)21)16-11-24-18(20-16)14-3-2-4-15(19)10-14/h2-6,9-11H,7-8H2,1H3. The molecule has 0 spiro atoms. The molecule has 25 heavy (non-hydrogen) atoms. The van der Waals surface area contributed by atoms with Crippen LogP contribution in [0.1, 0.15) is 5.56 Å². The molecule has 0 saturated heterocycles. The van der Waals surface area contributed by atoms with Crippen molar-refractivity contribution in [3.05, 3.63) is 58.4 Å². The van der Waals surface area contributed by atoms with Crippen molar-refractivity contribution in [1.29, 1.82) is 0 Å². The van der Waals surface area contributed by atoms with Gasteiger partial charge in [-0.1, -0.05) is 29.8 Å². The zero-order valence-electron chi connectivity index (χ0n) is 13.4. The second-order valence-electron chi connectivity index (χ2n) is 5.98. The Balaban J connectivity index is 1.68. The molecule has 2 heterocycles. The highest BCUT2D eigenvalue weighted by molar-refractivity contribution is 7.92. The van der Waals surface area contributed by atoms with Gasteiger partial charge in [-0.3, -0.25) is 4.31 Å². The minimum absolute atomic E-state index is 0.502. The van der Waals surface area contributed by atoms with E-state index >= 15 is 0 Å². The molecule has 7 heteroatoms. The summed E-state index contributed by atoms with van der Waals surface area (Å²) in [5, 5.41) is 3.62. The number of aromatic nitrogens is 1. The van der Waals surface area contributed by atoms with Crippen LogP contribution >= 0.6 is 22.9 Å². The van der Waals surface area contributed by atoms with Gasteiger partial charge in [0.25, 0.3) is 0 Å². The first-order valence-electron chi connectivity index (χ1n) is 7.74. The lowest BCUT2D eigenvalue weighted by molar-refractivity contribution is 0.598. The van der Waals surface area contributed by atoms with Crippen molar-refractivity contribution < 1.29 is 8.42 Å². The van der Waals surface area contributed by atoms with Gasteiger partial charge >= 0.3 is 0 Å². The van der Waals surface area contributed by atoms with Crippen LogP contribution in [0.25, 0.3) is 21.8 Å². The van der Waals surface area contributed by atoms with Crippen LogP contribution in [0.4, 0.5) is 5.69 Å². The molecule has 1 aliphatic rings. The Labute approximate surface area is 155 Å². The van der Waals surface area contributed by atoms with Crippen molar-refractivity contribution in [3.8, 4) is 21.8 Å². The topological polar surface area (TPSA) is 50.3 Å². The number of anilines is 1. The lowest BCUT2D eigenvalue weighted by atomic mass is 10.1. The molecule has 0 fully saturated rings. The number of fused-ring (bicyclic) bond motifs is 1. The predicted octanol–water partition coefficient (Wildman–Crippen LogP) is 4.45. The van der Waals surface area contributed by atoms with Crippen molar-refractivity contribution in [2.24, 2.45) is 0 Å². The summed E-state index contributed by atoms with van der Waals surface area (Å²) in [5.74, 6) is 0. The SMILES string of the molecule is CS(=O)(=O)N1CCc2cc(-c3csc(-c4cccc(Cl)c4)n3)ccc21. The van der Waals surface area contributed by atoms with E-state index in [0.29, 0.717) is 11.6 Å². The van der Waals surface area contributed by atoms with Crippen molar-refractivity contribution in [1.82, 2.24) is 4.98 Å². The highest BCUT2D eigenvalue weighted by Gasteiger charge is 2.26. The summed E-state index contributed by atoms with van der Waals surface area (Å²) in [6.45, 7) is 0.502. The van der Waals surface area contributed by atoms with Gasteiger partial charge in [-0.15, -0.1) is 11.3 Å². The fourth-order valence-electron chi connectivity index (χ4n) is 3.04. The van der Waals surface area contributed by atoms with Crippen LogP contribution in [0.3, 0.4) is 0 Å². The molecule has 0 atom stereocenters. The molecule has 3 aromatic rings. The highest BCUT2D eigenvalue weighted by Crippen LogP contribution is 2.35. The quantitative estimate of drug-likeness (QED) is 0.663. The Bertz CT molecular complexity index is 1060. The van der Waals surface area contributed by atoms with Crippen LogP contribution in [0.2, 0.25) is 5.02 Å². The molecule has 1 aromatic heterocycles. The minimum Gasteiger partial charge on any atom is -0.270 e. The summed E-state index contributed by atoms with van der Waals surface area (Å²) in [5.41, 5.74) is 4.70. The largest absolute Gasteiger partial charge is 0.270 e. The molecule has 0 N–H and O–H groups in total. The molecule has 0 radical (unpaired) electrons. The second-order valence-corrected chi connectivity index (χ2v) is 9.18. The fraction of sp³-hybridized carbons (Fsp3) is 0.167. The smallest absolute Gasteiger partial charge is 0.232 e. The summed E-state index contributed by atoms with van der Waals surface area (Å²) in [4.78, 5) is 4.71. The van der Waals surface area contributed by atoms with Gasteiger partial charge in [0, 0.05) is 28.1 Å². The Morgan fingerprint density at radius 3 is 2.76 bits per heavy atom. The maximum atomic E-state index is 11.8. The van der Waals surface area contributed by atoms with Crippen LogP contribution in [0.5, 0.6) is 0 Å². The van der Waals surface area contributed by atoms with Crippen LogP contribution in [-0.2, 0) is 16.4 Å². The van der Waals surface area contributed by atoms with Crippen LogP contribution in [0.15, 0.2) is 47.8 Å². The fourth-order valence-corrected chi connectivity index (χ4v) is 5.01. The first-order valence-corrected chi connectivity index (χ1v) is 10.8. The number of nitrogens with zero attached hydrogens (tertiary/aromatic N) is 2.